The van der Waals surface area contributed by atoms with Crippen LogP contribution in [0.15, 0.2) is 49.7 Å². The Morgan fingerprint density at radius 2 is 1.97 bits per heavy atom. The summed E-state index contributed by atoms with van der Waals surface area (Å²) in [4.78, 5) is 8.57. The number of fused-ring (bicyclic) bond motifs is 2. The van der Waals surface area contributed by atoms with Crippen molar-refractivity contribution in [3.63, 3.8) is 0 Å². The molecule has 0 saturated carbocycles. The molecule has 7 heteroatoms. The zero-order chi connectivity index (χ0) is 20.9. The van der Waals surface area contributed by atoms with Gasteiger partial charge in [0, 0.05) is 35.1 Å². The van der Waals surface area contributed by atoms with Crippen LogP contribution in [-0.4, -0.2) is 40.9 Å². The number of phenols is 1. The molecular formula is C23H26N6O. The molecule has 2 fully saturated rings. The van der Waals surface area contributed by atoms with Crippen LogP contribution in [0.1, 0.15) is 45.4 Å². The summed E-state index contributed by atoms with van der Waals surface area (Å²) in [6.45, 7) is 8.92. The van der Waals surface area contributed by atoms with Gasteiger partial charge in [-0.2, -0.15) is 0 Å². The maximum absolute atomic E-state index is 10.5. The Balaban J connectivity index is 1.36. The van der Waals surface area contributed by atoms with Crippen LogP contribution in [-0.2, 0) is 0 Å². The van der Waals surface area contributed by atoms with Gasteiger partial charge in [-0.3, -0.25) is 0 Å². The lowest BCUT2D eigenvalue weighted by Crippen LogP contribution is -2.53. The van der Waals surface area contributed by atoms with Crippen LogP contribution in [0.4, 0.5) is 0 Å². The van der Waals surface area contributed by atoms with Gasteiger partial charge in [0.1, 0.15) is 11.4 Å². The average Bonchev–Trinajstić information content (AvgIpc) is 3.33. The summed E-state index contributed by atoms with van der Waals surface area (Å²) in [6, 6.07) is 5.40. The number of imidazole rings is 1. The molecule has 5 rings (SSSR count). The topological polar surface area (TPSA) is 88.8 Å². The van der Waals surface area contributed by atoms with Crippen LogP contribution in [0.2, 0.25) is 0 Å². The second kappa shape index (κ2) is 6.74. The smallest absolute Gasteiger partial charge is 0.177 e. The molecule has 2 saturated heterocycles. The number of nitrogens with one attached hydrogen (secondary N) is 1. The van der Waals surface area contributed by atoms with Crippen molar-refractivity contribution < 1.29 is 5.11 Å². The van der Waals surface area contributed by atoms with E-state index in [0.29, 0.717) is 23.0 Å². The van der Waals surface area contributed by atoms with Crippen LogP contribution >= 0.6 is 0 Å². The summed E-state index contributed by atoms with van der Waals surface area (Å²) < 4.78 is 1.83. The fraction of sp³-hybridized carbons (Fsp3) is 0.391. The standard InChI is InChI=1S/C23H26N6O/c1-15(16-11-22(2)6-7-23(3,12-16)28-22)21-25-13-19(26-27-21)18-5-4-17(10-20(18)30)29-9-8-24-14-29/h4-5,8-10,13-14,16,28,30H,1,6-7,11-12H2,2-3H3/t16-,22-,23+. The molecule has 154 valence electrons. The third kappa shape index (κ3) is 3.29. The predicted octanol–water partition coefficient (Wildman–Crippen LogP) is 3.75. The molecule has 2 aromatic heterocycles. The van der Waals surface area contributed by atoms with E-state index in [1.807, 2.05) is 22.9 Å². The van der Waals surface area contributed by atoms with Crippen molar-refractivity contribution >= 4 is 5.57 Å². The van der Waals surface area contributed by atoms with Gasteiger partial charge in [0.05, 0.1) is 18.2 Å². The number of phenolic OH excluding ortho intramolecular Hbond substituents is 1. The highest BCUT2D eigenvalue weighted by Crippen LogP contribution is 2.47. The first-order valence-electron chi connectivity index (χ1n) is 10.3. The number of rotatable bonds is 4. The van der Waals surface area contributed by atoms with Crippen molar-refractivity contribution in [1.82, 2.24) is 30.0 Å². The lowest BCUT2D eigenvalue weighted by Gasteiger charge is -2.42. The van der Waals surface area contributed by atoms with Gasteiger partial charge in [-0.25, -0.2) is 9.97 Å². The largest absolute Gasteiger partial charge is 0.507 e. The third-order valence-corrected chi connectivity index (χ3v) is 6.63. The van der Waals surface area contributed by atoms with Gasteiger partial charge >= 0.3 is 0 Å². The molecular weight excluding hydrogens is 376 g/mol. The van der Waals surface area contributed by atoms with Crippen molar-refractivity contribution in [3.05, 3.63) is 55.5 Å². The van der Waals surface area contributed by atoms with Gasteiger partial charge < -0.3 is 15.0 Å². The Labute approximate surface area is 175 Å². The van der Waals surface area contributed by atoms with E-state index in [-0.39, 0.29) is 16.8 Å². The monoisotopic (exact) mass is 402 g/mol. The van der Waals surface area contributed by atoms with Crippen LogP contribution in [0.25, 0.3) is 22.5 Å². The Hall–Kier alpha value is -3.06. The quantitative estimate of drug-likeness (QED) is 0.691. The molecule has 0 spiro atoms. The number of aromatic hydroxyl groups is 1. The molecule has 3 atom stereocenters. The van der Waals surface area contributed by atoms with Crippen molar-refractivity contribution in [2.75, 3.05) is 0 Å². The highest BCUT2D eigenvalue weighted by atomic mass is 16.3. The lowest BCUT2D eigenvalue weighted by atomic mass is 9.77. The molecule has 30 heavy (non-hydrogen) atoms. The molecule has 3 aromatic rings. The third-order valence-electron chi connectivity index (χ3n) is 6.63. The van der Waals surface area contributed by atoms with Gasteiger partial charge in [-0.05, 0) is 63.2 Å². The van der Waals surface area contributed by atoms with Crippen LogP contribution in [0.3, 0.4) is 0 Å². The highest BCUT2D eigenvalue weighted by molar-refractivity contribution is 5.68. The van der Waals surface area contributed by atoms with Gasteiger partial charge in [0.2, 0.25) is 0 Å². The zero-order valence-electron chi connectivity index (χ0n) is 17.3. The molecule has 2 aliphatic rings. The number of hydrogen-bond acceptors (Lipinski definition) is 6. The van der Waals surface area contributed by atoms with Crippen LogP contribution in [0, 0.1) is 5.92 Å². The molecule has 2 bridgehead atoms. The van der Waals surface area contributed by atoms with E-state index in [0.717, 1.165) is 24.1 Å². The summed E-state index contributed by atoms with van der Waals surface area (Å²) in [5, 5.41) is 23.0. The summed E-state index contributed by atoms with van der Waals surface area (Å²) >= 11 is 0. The first kappa shape index (κ1) is 18.9. The van der Waals surface area contributed by atoms with Crippen molar-refractivity contribution in [2.45, 2.75) is 50.6 Å². The molecule has 0 radical (unpaired) electrons. The number of benzene rings is 1. The first-order valence-corrected chi connectivity index (χ1v) is 10.3. The number of hydrogen-bond donors (Lipinski definition) is 2. The van der Waals surface area contributed by atoms with Crippen molar-refractivity contribution in [1.29, 1.82) is 0 Å². The Morgan fingerprint density at radius 3 is 2.57 bits per heavy atom. The molecule has 4 heterocycles. The fourth-order valence-corrected chi connectivity index (χ4v) is 5.16. The second-order valence-electron chi connectivity index (χ2n) is 9.22. The maximum Gasteiger partial charge on any atom is 0.177 e. The van der Waals surface area contributed by atoms with E-state index in [2.05, 4.69) is 45.9 Å². The minimum absolute atomic E-state index is 0.125. The number of nitrogens with zero attached hydrogens (tertiary/aromatic N) is 5. The van der Waals surface area contributed by atoms with Gasteiger partial charge in [-0.1, -0.05) is 6.58 Å². The van der Waals surface area contributed by atoms with Gasteiger partial charge in [0.25, 0.3) is 0 Å². The van der Waals surface area contributed by atoms with Crippen LogP contribution < -0.4 is 5.32 Å². The predicted molar refractivity (Wildman–Crippen MR) is 115 cm³/mol. The van der Waals surface area contributed by atoms with E-state index in [9.17, 15) is 5.11 Å². The fourth-order valence-electron chi connectivity index (χ4n) is 5.16. The highest BCUT2D eigenvalue weighted by Gasteiger charge is 2.49. The second-order valence-corrected chi connectivity index (χ2v) is 9.22. The average molecular weight is 403 g/mol. The number of piperidine rings is 1. The molecule has 0 aliphatic carbocycles. The summed E-state index contributed by atoms with van der Waals surface area (Å²) in [5.41, 5.74) is 3.23. The zero-order valence-corrected chi connectivity index (χ0v) is 17.3. The molecule has 2 N–H and O–H groups in total. The molecule has 2 aliphatic heterocycles. The summed E-state index contributed by atoms with van der Waals surface area (Å²) in [5.74, 6) is 1.06. The van der Waals surface area contributed by atoms with E-state index in [1.165, 1.54) is 12.8 Å². The Morgan fingerprint density at radius 1 is 1.20 bits per heavy atom. The van der Waals surface area contributed by atoms with Crippen LogP contribution in [0.5, 0.6) is 5.75 Å². The molecule has 0 unspecified atom stereocenters. The minimum Gasteiger partial charge on any atom is -0.507 e. The van der Waals surface area contributed by atoms with E-state index >= 15 is 0 Å². The normalized spacial score (nSPS) is 27.9. The summed E-state index contributed by atoms with van der Waals surface area (Å²) in [7, 11) is 0. The van der Waals surface area contributed by atoms with Crippen molar-refractivity contribution in [3.8, 4) is 22.7 Å². The maximum atomic E-state index is 10.5. The minimum atomic E-state index is 0.125. The van der Waals surface area contributed by atoms with Gasteiger partial charge in [-0.15, -0.1) is 10.2 Å². The molecule has 7 nitrogen and oxygen atoms in total. The van der Waals surface area contributed by atoms with E-state index in [4.69, 9.17) is 0 Å². The summed E-state index contributed by atoms with van der Waals surface area (Å²) in [6.07, 6.45) is 11.3. The Bertz CT molecular complexity index is 1080. The first-order chi connectivity index (χ1) is 14.3. The van der Waals surface area contributed by atoms with Gasteiger partial charge in [0.15, 0.2) is 5.82 Å². The molecule has 0 amide bonds. The van der Waals surface area contributed by atoms with Crippen molar-refractivity contribution in [2.24, 2.45) is 5.92 Å². The molecule has 1 aromatic carbocycles. The number of aromatic nitrogens is 5. The van der Waals surface area contributed by atoms with E-state index in [1.54, 1.807) is 24.8 Å². The SMILES string of the molecule is C=C(c1ncc(-c2ccc(-n3ccnc3)cc2O)nn1)[C@H]1C[C@]2(C)CC[C@](C)(C1)N2. The lowest BCUT2D eigenvalue weighted by molar-refractivity contribution is 0.201. The van der Waals surface area contributed by atoms with E-state index < -0.39 is 0 Å². The Kier molecular flexibility index (Phi) is 4.25. The number of allylic oxidation sites excluding steroid dienone is 1.